The van der Waals surface area contributed by atoms with E-state index in [-0.39, 0.29) is 24.0 Å². The largest absolute Gasteiger partial charge is 0.481 e. The van der Waals surface area contributed by atoms with Gasteiger partial charge in [0.25, 0.3) is 0 Å². The molecule has 110 valence electrons. The second-order valence-electron chi connectivity index (χ2n) is 5.68. The molecule has 6 heteroatoms. The molecular formula is C13H25N3O3. The number of hydrogen-bond acceptors (Lipinski definition) is 3. The van der Waals surface area contributed by atoms with Crippen molar-refractivity contribution in [1.82, 2.24) is 15.5 Å². The lowest BCUT2D eigenvalue weighted by Gasteiger charge is -2.28. The van der Waals surface area contributed by atoms with Crippen LogP contribution in [-0.4, -0.2) is 54.7 Å². The van der Waals surface area contributed by atoms with Crippen molar-refractivity contribution in [2.45, 2.75) is 44.7 Å². The number of urea groups is 1. The quantitative estimate of drug-likeness (QED) is 0.693. The maximum absolute atomic E-state index is 11.8. The molecule has 19 heavy (non-hydrogen) atoms. The summed E-state index contributed by atoms with van der Waals surface area (Å²) >= 11 is 0. The Balaban J connectivity index is 2.33. The Morgan fingerprint density at radius 1 is 1.37 bits per heavy atom. The van der Waals surface area contributed by atoms with E-state index in [0.717, 1.165) is 19.4 Å². The van der Waals surface area contributed by atoms with Gasteiger partial charge in [-0.25, -0.2) is 4.79 Å². The number of nitrogens with one attached hydrogen (secondary N) is 2. The van der Waals surface area contributed by atoms with Crippen LogP contribution >= 0.6 is 0 Å². The number of amides is 2. The van der Waals surface area contributed by atoms with E-state index >= 15 is 0 Å². The summed E-state index contributed by atoms with van der Waals surface area (Å²) in [6.45, 7) is 2.72. The predicted molar refractivity (Wildman–Crippen MR) is 73.1 cm³/mol. The number of carboxylic acids is 1. The molecule has 1 aliphatic rings. The molecule has 1 aliphatic carbocycles. The van der Waals surface area contributed by atoms with Crippen molar-refractivity contribution >= 4 is 12.0 Å². The smallest absolute Gasteiger partial charge is 0.315 e. The van der Waals surface area contributed by atoms with Gasteiger partial charge >= 0.3 is 12.0 Å². The second-order valence-corrected chi connectivity index (χ2v) is 5.68. The molecule has 3 atom stereocenters. The van der Waals surface area contributed by atoms with Crippen LogP contribution in [0.25, 0.3) is 0 Å². The number of hydrogen-bond donors (Lipinski definition) is 3. The van der Waals surface area contributed by atoms with Crippen molar-refractivity contribution in [3.8, 4) is 0 Å². The average Bonchev–Trinajstić information content (AvgIpc) is 2.27. The van der Waals surface area contributed by atoms with Gasteiger partial charge in [-0.1, -0.05) is 6.42 Å². The molecule has 1 saturated carbocycles. The minimum absolute atomic E-state index is 0.0265. The number of carbonyl (C=O) groups is 2. The summed E-state index contributed by atoms with van der Waals surface area (Å²) in [6.07, 6.45) is 2.96. The highest BCUT2D eigenvalue weighted by Crippen LogP contribution is 2.24. The van der Waals surface area contributed by atoms with E-state index in [9.17, 15) is 9.59 Å². The highest BCUT2D eigenvalue weighted by molar-refractivity contribution is 5.75. The number of carbonyl (C=O) groups excluding carboxylic acids is 1. The van der Waals surface area contributed by atoms with Crippen LogP contribution in [0.2, 0.25) is 0 Å². The fourth-order valence-electron chi connectivity index (χ4n) is 2.59. The van der Waals surface area contributed by atoms with Crippen molar-refractivity contribution in [1.29, 1.82) is 0 Å². The van der Waals surface area contributed by atoms with Crippen LogP contribution < -0.4 is 10.6 Å². The molecule has 6 nitrogen and oxygen atoms in total. The molecule has 0 bridgehead atoms. The van der Waals surface area contributed by atoms with Gasteiger partial charge in [-0.3, -0.25) is 4.79 Å². The fraction of sp³-hybridized carbons (Fsp3) is 0.846. The zero-order valence-corrected chi connectivity index (χ0v) is 12.0. The van der Waals surface area contributed by atoms with Crippen molar-refractivity contribution in [2.24, 2.45) is 5.92 Å². The predicted octanol–water partition coefficient (Wildman–Crippen LogP) is 0.879. The van der Waals surface area contributed by atoms with Crippen LogP contribution in [0, 0.1) is 5.92 Å². The molecule has 2 amide bonds. The molecule has 0 heterocycles. The third-order valence-corrected chi connectivity index (χ3v) is 3.38. The van der Waals surface area contributed by atoms with Crippen LogP contribution in [0.15, 0.2) is 0 Å². The van der Waals surface area contributed by atoms with Crippen LogP contribution in [-0.2, 0) is 4.79 Å². The third-order valence-electron chi connectivity index (χ3n) is 3.38. The summed E-state index contributed by atoms with van der Waals surface area (Å²) in [5.74, 6) is -1.08. The Labute approximate surface area is 114 Å². The molecule has 0 spiro atoms. The van der Waals surface area contributed by atoms with Gasteiger partial charge in [0, 0.05) is 18.6 Å². The zero-order valence-electron chi connectivity index (χ0n) is 12.0. The molecule has 0 saturated heterocycles. The summed E-state index contributed by atoms with van der Waals surface area (Å²) in [4.78, 5) is 24.7. The normalized spacial score (nSPS) is 24.8. The van der Waals surface area contributed by atoms with Crippen LogP contribution in [0.5, 0.6) is 0 Å². The maximum atomic E-state index is 11.8. The molecular weight excluding hydrogens is 246 g/mol. The van der Waals surface area contributed by atoms with E-state index < -0.39 is 5.97 Å². The Hall–Kier alpha value is -1.30. The number of carboxylic acid groups (broad SMARTS) is 1. The van der Waals surface area contributed by atoms with Gasteiger partial charge in [-0.15, -0.1) is 0 Å². The van der Waals surface area contributed by atoms with Gasteiger partial charge in [-0.2, -0.15) is 0 Å². The monoisotopic (exact) mass is 271 g/mol. The first-order chi connectivity index (χ1) is 8.88. The van der Waals surface area contributed by atoms with Gasteiger partial charge in [0.15, 0.2) is 0 Å². The lowest BCUT2D eigenvalue weighted by Crippen LogP contribution is -2.49. The standard InChI is InChI=1S/C13H25N3O3/c1-9(8-16(2)3)14-13(19)15-11-6-4-5-10(7-11)12(17)18/h9-11H,4-8H2,1-3H3,(H,17,18)(H2,14,15,19). The van der Waals surface area contributed by atoms with E-state index in [1.807, 2.05) is 25.9 Å². The van der Waals surface area contributed by atoms with Gasteiger partial charge in [0.05, 0.1) is 5.92 Å². The van der Waals surface area contributed by atoms with Crippen molar-refractivity contribution in [3.05, 3.63) is 0 Å². The third kappa shape index (κ3) is 5.92. The van der Waals surface area contributed by atoms with Crippen molar-refractivity contribution in [2.75, 3.05) is 20.6 Å². The van der Waals surface area contributed by atoms with E-state index in [0.29, 0.717) is 12.8 Å². The van der Waals surface area contributed by atoms with Gasteiger partial charge in [-0.05, 0) is 40.3 Å². The van der Waals surface area contributed by atoms with E-state index in [4.69, 9.17) is 5.11 Å². The minimum Gasteiger partial charge on any atom is -0.481 e. The maximum Gasteiger partial charge on any atom is 0.315 e. The molecule has 0 aromatic carbocycles. The molecule has 1 rings (SSSR count). The first kappa shape index (κ1) is 15.8. The van der Waals surface area contributed by atoms with Crippen LogP contribution in [0.1, 0.15) is 32.6 Å². The summed E-state index contributed by atoms with van der Waals surface area (Å²) in [7, 11) is 3.91. The van der Waals surface area contributed by atoms with Crippen LogP contribution in [0.3, 0.4) is 0 Å². The molecule has 0 aromatic heterocycles. The minimum atomic E-state index is -0.757. The summed E-state index contributed by atoms with van der Waals surface area (Å²) in [5, 5.41) is 14.7. The summed E-state index contributed by atoms with van der Waals surface area (Å²) < 4.78 is 0. The first-order valence-corrected chi connectivity index (χ1v) is 6.83. The van der Waals surface area contributed by atoms with Crippen molar-refractivity contribution < 1.29 is 14.7 Å². The number of rotatable bonds is 5. The lowest BCUT2D eigenvalue weighted by molar-refractivity contribution is -0.143. The summed E-state index contributed by atoms with van der Waals surface area (Å²) in [6, 6.07) is -0.166. The highest BCUT2D eigenvalue weighted by Gasteiger charge is 2.27. The molecule has 0 aromatic rings. The Bertz CT molecular complexity index is 320. The Morgan fingerprint density at radius 2 is 2.05 bits per heavy atom. The van der Waals surface area contributed by atoms with E-state index in [1.54, 1.807) is 0 Å². The van der Waals surface area contributed by atoms with Crippen molar-refractivity contribution in [3.63, 3.8) is 0 Å². The van der Waals surface area contributed by atoms with Crippen LogP contribution in [0.4, 0.5) is 4.79 Å². The number of nitrogens with zero attached hydrogens (tertiary/aromatic N) is 1. The molecule has 0 radical (unpaired) electrons. The average molecular weight is 271 g/mol. The topological polar surface area (TPSA) is 81.7 Å². The Morgan fingerprint density at radius 3 is 2.63 bits per heavy atom. The van der Waals surface area contributed by atoms with E-state index in [2.05, 4.69) is 10.6 Å². The van der Waals surface area contributed by atoms with Gasteiger partial charge in [0.1, 0.15) is 0 Å². The zero-order chi connectivity index (χ0) is 14.4. The number of aliphatic carboxylic acids is 1. The molecule has 3 N–H and O–H groups in total. The van der Waals surface area contributed by atoms with Gasteiger partial charge < -0.3 is 20.6 Å². The number of likely N-dealkylation sites (N-methyl/N-ethyl adjacent to an activating group) is 1. The molecule has 0 aliphatic heterocycles. The fourth-order valence-corrected chi connectivity index (χ4v) is 2.59. The first-order valence-electron chi connectivity index (χ1n) is 6.83. The SMILES string of the molecule is CC(CN(C)C)NC(=O)NC1CCCC(C(=O)O)C1. The van der Waals surface area contributed by atoms with E-state index in [1.165, 1.54) is 0 Å². The molecule has 1 fully saturated rings. The summed E-state index contributed by atoms with van der Waals surface area (Å²) in [5.41, 5.74) is 0. The molecule has 3 unspecified atom stereocenters. The Kier molecular flexibility index (Phi) is 6.08. The highest BCUT2D eigenvalue weighted by atomic mass is 16.4. The van der Waals surface area contributed by atoms with Gasteiger partial charge in [0.2, 0.25) is 0 Å². The lowest BCUT2D eigenvalue weighted by atomic mass is 9.86. The second kappa shape index (κ2) is 7.33.